The average molecular weight is 179 g/mol. The molecule has 1 aromatic rings. The summed E-state index contributed by atoms with van der Waals surface area (Å²) >= 11 is 0. The predicted molar refractivity (Wildman–Crippen MR) is 50.5 cm³/mol. The molecular formula is C10H13NO2. The molecule has 0 saturated heterocycles. The Kier molecular flexibility index (Phi) is 3.99. The van der Waals surface area contributed by atoms with E-state index in [0.29, 0.717) is 18.1 Å². The second kappa shape index (κ2) is 5.32. The Balaban J connectivity index is 2.58. The summed E-state index contributed by atoms with van der Waals surface area (Å²) in [6.07, 6.45) is 4.20. The smallest absolute Gasteiger partial charge is 0.218 e. The summed E-state index contributed by atoms with van der Waals surface area (Å²) in [4.78, 5) is 4.00. The molecule has 0 amide bonds. The lowest BCUT2D eigenvalue weighted by Gasteiger charge is -2.06. The van der Waals surface area contributed by atoms with E-state index in [9.17, 15) is 0 Å². The molecule has 70 valence electrons. The van der Waals surface area contributed by atoms with Crippen LogP contribution in [0.5, 0.6) is 5.88 Å². The minimum absolute atomic E-state index is 0.0444. The van der Waals surface area contributed by atoms with Crippen molar-refractivity contribution >= 4 is 0 Å². The van der Waals surface area contributed by atoms with Crippen LogP contribution in [-0.2, 0) is 6.61 Å². The first kappa shape index (κ1) is 9.74. The Labute approximate surface area is 77.7 Å². The van der Waals surface area contributed by atoms with Crippen molar-refractivity contribution in [1.29, 1.82) is 0 Å². The molecule has 0 fully saturated rings. The summed E-state index contributed by atoms with van der Waals surface area (Å²) in [5, 5.41) is 8.93. The van der Waals surface area contributed by atoms with Crippen LogP contribution in [0, 0.1) is 0 Å². The van der Waals surface area contributed by atoms with Crippen LogP contribution in [0.1, 0.15) is 12.0 Å². The van der Waals surface area contributed by atoms with Crippen molar-refractivity contribution < 1.29 is 9.84 Å². The summed E-state index contributed by atoms with van der Waals surface area (Å²) < 4.78 is 5.33. The first-order valence-electron chi connectivity index (χ1n) is 4.17. The molecule has 0 bridgehead atoms. The number of ether oxygens (including phenoxy) is 1. The van der Waals surface area contributed by atoms with E-state index >= 15 is 0 Å². The van der Waals surface area contributed by atoms with Crippen LogP contribution >= 0.6 is 0 Å². The van der Waals surface area contributed by atoms with Crippen LogP contribution in [0.4, 0.5) is 0 Å². The molecule has 3 heteroatoms. The van der Waals surface area contributed by atoms with Gasteiger partial charge in [-0.25, -0.2) is 4.98 Å². The Hall–Kier alpha value is -1.35. The maximum Gasteiger partial charge on any atom is 0.218 e. The Morgan fingerprint density at radius 2 is 2.46 bits per heavy atom. The van der Waals surface area contributed by atoms with E-state index < -0.39 is 0 Å². The number of aliphatic hydroxyl groups excluding tert-OH is 1. The van der Waals surface area contributed by atoms with Crippen molar-refractivity contribution in [2.45, 2.75) is 13.0 Å². The number of aliphatic hydroxyl groups is 1. The minimum Gasteiger partial charge on any atom is -0.477 e. The van der Waals surface area contributed by atoms with Crippen LogP contribution in [0.25, 0.3) is 0 Å². The largest absolute Gasteiger partial charge is 0.477 e. The monoisotopic (exact) mass is 179 g/mol. The molecule has 0 aliphatic rings. The van der Waals surface area contributed by atoms with Gasteiger partial charge in [0.15, 0.2) is 0 Å². The highest BCUT2D eigenvalue weighted by Crippen LogP contribution is 2.13. The summed E-state index contributed by atoms with van der Waals surface area (Å²) in [6, 6.07) is 3.56. The van der Waals surface area contributed by atoms with Gasteiger partial charge < -0.3 is 9.84 Å². The van der Waals surface area contributed by atoms with E-state index in [4.69, 9.17) is 9.84 Å². The highest BCUT2D eigenvalue weighted by atomic mass is 16.5. The third kappa shape index (κ3) is 2.87. The topological polar surface area (TPSA) is 42.4 Å². The molecule has 1 heterocycles. The van der Waals surface area contributed by atoms with Crippen LogP contribution in [0.3, 0.4) is 0 Å². The van der Waals surface area contributed by atoms with Gasteiger partial charge in [-0.05, 0) is 18.6 Å². The second-order valence-corrected chi connectivity index (χ2v) is 2.55. The lowest BCUT2D eigenvalue weighted by molar-refractivity contribution is 0.259. The highest BCUT2D eigenvalue weighted by molar-refractivity contribution is 5.24. The van der Waals surface area contributed by atoms with E-state index in [-0.39, 0.29) is 6.61 Å². The van der Waals surface area contributed by atoms with E-state index in [2.05, 4.69) is 11.6 Å². The van der Waals surface area contributed by atoms with Crippen LogP contribution in [-0.4, -0.2) is 16.7 Å². The van der Waals surface area contributed by atoms with Gasteiger partial charge in [0.1, 0.15) is 0 Å². The molecule has 1 rings (SSSR count). The lowest BCUT2D eigenvalue weighted by atomic mass is 10.3. The standard InChI is InChI=1S/C10H13NO2/c1-2-3-7-13-10-9(8-12)5-4-6-11-10/h2,4-6,12H,1,3,7-8H2. The van der Waals surface area contributed by atoms with Gasteiger partial charge >= 0.3 is 0 Å². The first-order chi connectivity index (χ1) is 6.38. The van der Waals surface area contributed by atoms with Gasteiger partial charge in [-0.1, -0.05) is 6.08 Å². The second-order valence-electron chi connectivity index (χ2n) is 2.55. The molecule has 0 aliphatic heterocycles. The summed E-state index contributed by atoms with van der Waals surface area (Å²) in [6.45, 7) is 4.09. The van der Waals surface area contributed by atoms with Crippen molar-refractivity contribution in [1.82, 2.24) is 4.98 Å². The van der Waals surface area contributed by atoms with Gasteiger partial charge in [-0.2, -0.15) is 0 Å². The van der Waals surface area contributed by atoms with E-state index in [1.807, 2.05) is 0 Å². The normalized spacial score (nSPS) is 9.62. The summed E-state index contributed by atoms with van der Waals surface area (Å²) in [7, 11) is 0. The zero-order valence-corrected chi connectivity index (χ0v) is 7.44. The van der Waals surface area contributed by atoms with E-state index in [0.717, 1.165) is 6.42 Å². The van der Waals surface area contributed by atoms with Crippen LogP contribution < -0.4 is 4.74 Å². The number of hydrogen-bond donors (Lipinski definition) is 1. The zero-order chi connectivity index (χ0) is 9.52. The molecular weight excluding hydrogens is 166 g/mol. The van der Waals surface area contributed by atoms with Gasteiger partial charge in [-0.3, -0.25) is 0 Å². The van der Waals surface area contributed by atoms with Crippen molar-refractivity contribution in [3.8, 4) is 5.88 Å². The van der Waals surface area contributed by atoms with E-state index in [1.165, 1.54) is 0 Å². The number of rotatable bonds is 5. The van der Waals surface area contributed by atoms with Crippen molar-refractivity contribution in [2.24, 2.45) is 0 Å². The molecule has 0 atom stereocenters. The van der Waals surface area contributed by atoms with Crippen LogP contribution in [0.15, 0.2) is 31.0 Å². The lowest BCUT2D eigenvalue weighted by Crippen LogP contribution is -2.00. The van der Waals surface area contributed by atoms with Crippen molar-refractivity contribution in [3.05, 3.63) is 36.5 Å². The van der Waals surface area contributed by atoms with Gasteiger partial charge in [0.05, 0.1) is 13.2 Å². The maximum absolute atomic E-state index is 8.93. The molecule has 0 radical (unpaired) electrons. The third-order valence-electron chi connectivity index (χ3n) is 1.58. The SMILES string of the molecule is C=CCCOc1ncccc1CO. The number of nitrogens with zero attached hydrogens (tertiary/aromatic N) is 1. The molecule has 13 heavy (non-hydrogen) atoms. The van der Waals surface area contributed by atoms with E-state index in [1.54, 1.807) is 24.4 Å². The molecule has 0 spiro atoms. The predicted octanol–water partition coefficient (Wildman–Crippen LogP) is 1.53. The molecule has 0 unspecified atom stereocenters. The molecule has 1 aromatic heterocycles. The number of hydrogen-bond acceptors (Lipinski definition) is 3. The Morgan fingerprint density at radius 1 is 1.62 bits per heavy atom. The van der Waals surface area contributed by atoms with Gasteiger partial charge in [0.25, 0.3) is 0 Å². The van der Waals surface area contributed by atoms with Crippen molar-refractivity contribution in [2.75, 3.05) is 6.61 Å². The fourth-order valence-electron chi connectivity index (χ4n) is 0.913. The summed E-state index contributed by atoms with van der Waals surface area (Å²) in [5.41, 5.74) is 0.714. The molecule has 0 aromatic carbocycles. The van der Waals surface area contributed by atoms with Gasteiger partial charge in [-0.15, -0.1) is 6.58 Å². The minimum atomic E-state index is -0.0444. The van der Waals surface area contributed by atoms with Gasteiger partial charge in [0.2, 0.25) is 5.88 Å². The van der Waals surface area contributed by atoms with Crippen molar-refractivity contribution in [3.63, 3.8) is 0 Å². The highest BCUT2D eigenvalue weighted by Gasteiger charge is 2.01. The number of aromatic nitrogens is 1. The fraction of sp³-hybridized carbons (Fsp3) is 0.300. The first-order valence-corrected chi connectivity index (χ1v) is 4.17. The molecule has 3 nitrogen and oxygen atoms in total. The van der Waals surface area contributed by atoms with Crippen LogP contribution in [0.2, 0.25) is 0 Å². The molecule has 1 N–H and O–H groups in total. The zero-order valence-electron chi connectivity index (χ0n) is 7.44. The van der Waals surface area contributed by atoms with Gasteiger partial charge in [0, 0.05) is 11.8 Å². The quantitative estimate of drug-likeness (QED) is 0.550. The molecule has 0 saturated carbocycles. The fourth-order valence-corrected chi connectivity index (χ4v) is 0.913. The number of pyridine rings is 1. The average Bonchev–Trinajstić information content (AvgIpc) is 2.19. The maximum atomic E-state index is 8.93. The summed E-state index contributed by atoms with van der Waals surface area (Å²) in [5.74, 6) is 0.506. The third-order valence-corrected chi connectivity index (χ3v) is 1.58. The molecule has 0 aliphatic carbocycles. The Bertz CT molecular complexity index is 273. The Morgan fingerprint density at radius 3 is 3.15 bits per heavy atom.